The average molecular weight is 785 g/mol. The van der Waals surface area contributed by atoms with Crippen molar-refractivity contribution >= 4 is 51.1 Å². The van der Waals surface area contributed by atoms with E-state index in [0.29, 0.717) is 39.5 Å². The van der Waals surface area contributed by atoms with Crippen LogP contribution in [0.25, 0.3) is 32.9 Å². The van der Waals surface area contributed by atoms with Crippen LogP contribution in [0.3, 0.4) is 0 Å². The Labute approximate surface area is 334 Å². The fourth-order valence-electron chi connectivity index (χ4n) is 9.15. The van der Waals surface area contributed by atoms with Gasteiger partial charge >= 0.3 is 0 Å². The second-order valence-electron chi connectivity index (χ2n) is 16.1. The minimum Gasteiger partial charge on any atom is -0.470 e. The van der Waals surface area contributed by atoms with Crippen LogP contribution in [0.1, 0.15) is 64.8 Å². The second-order valence-corrected chi connectivity index (χ2v) is 16.1. The standard InChI is InChI=1S/C44H44N6O8/c1-48-36-10-11-45-23-35(36)32-6-4-26(17-38(32)48)28-16-27-19-44(58-41(27)46-22-28)20-30(21-44)56-14-2-12-55-13-3-15-57-31-24-49(25-31)29-5-7-33-34(18-29)43(54)50(42(33)53)37-8-9-39(51)47-40(37)52/h4-7,10-11,16-18,22-23,30-31,37H,2-3,8-9,12-15,19-21,24-25H2,1H3,(H,47,51,52). The molecule has 1 atom stereocenters. The zero-order valence-corrected chi connectivity index (χ0v) is 32.3. The molecule has 2 aromatic carbocycles. The summed E-state index contributed by atoms with van der Waals surface area (Å²) in [6.45, 7) is 3.83. The number of nitrogens with one attached hydrogen (secondary N) is 1. The minimum absolute atomic E-state index is 0.0723. The molecule has 1 unspecified atom stereocenters. The topological polar surface area (TPSA) is 154 Å². The lowest BCUT2D eigenvalue weighted by Gasteiger charge is -2.43. The summed E-state index contributed by atoms with van der Waals surface area (Å²) in [5.41, 5.74) is 6.88. The summed E-state index contributed by atoms with van der Waals surface area (Å²) in [5, 5.41) is 4.58. The number of hydrogen-bond donors (Lipinski definition) is 1. The normalized spacial score (nSPS) is 22.7. The Kier molecular flexibility index (Phi) is 9.22. The van der Waals surface area contributed by atoms with Crippen LogP contribution in [0.2, 0.25) is 0 Å². The Morgan fingerprint density at radius 3 is 2.43 bits per heavy atom. The highest BCUT2D eigenvalue weighted by Gasteiger charge is 2.51. The van der Waals surface area contributed by atoms with Gasteiger partial charge in [0.15, 0.2) is 0 Å². The summed E-state index contributed by atoms with van der Waals surface area (Å²) < 4.78 is 26.6. The van der Waals surface area contributed by atoms with Gasteiger partial charge in [0.05, 0.1) is 28.9 Å². The van der Waals surface area contributed by atoms with Crippen molar-refractivity contribution in [3.05, 3.63) is 83.8 Å². The third-order valence-corrected chi connectivity index (χ3v) is 12.3. The van der Waals surface area contributed by atoms with Crippen LogP contribution in [-0.2, 0) is 37.3 Å². The summed E-state index contributed by atoms with van der Waals surface area (Å²) in [6, 6.07) is 15.0. The van der Waals surface area contributed by atoms with Gasteiger partial charge in [0.1, 0.15) is 11.6 Å². The Morgan fingerprint density at radius 1 is 0.828 bits per heavy atom. The molecule has 1 spiro atoms. The lowest BCUT2D eigenvalue weighted by atomic mass is 9.75. The molecule has 298 valence electrons. The molecule has 0 bridgehead atoms. The van der Waals surface area contributed by atoms with Crippen LogP contribution in [-0.4, -0.2) is 106 Å². The van der Waals surface area contributed by atoms with E-state index in [-0.39, 0.29) is 41.8 Å². The van der Waals surface area contributed by atoms with E-state index >= 15 is 0 Å². The predicted molar refractivity (Wildman–Crippen MR) is 213 cm³/mol. The molecule has 10 rings (SSSR count). The Bertz CT molecular complexity index is 2490. The van der Waals surface area contributed by atoms with Crippen molar-refractivity contribution in [3.63, 3.8) is 0 Å². The first kappa shape index (κ1) is 36.6. The fourth-order valence-corrected chi connectivity index (χ4v) is 9.15. The van der Waals surface area contributed by atoms with E-state index in [4.69, 9.17) is 23.9 Å². The number of aryl methyl sites for hydroxylation is 1. The molecule has 14 nitrogen and oxygen atoms in total. The van der Waals surface area contributed by atoms with Gasteiger partial charge in [0.25, 0.3) is 11.8 Å². The summed E-state index contributed by atoms with van der Waals surface area (Å²) in [5.74, 6) is -1.28. The molecule has 4 aliphatic heterocycles. The SMILES string of the molecule is Cn1c2ccncc2c2ccc(-c3cnc4c(c3)CC3(CC(OCCCOCCCOC5CN(c6ccc7c(c6)C(=O)N(C6CCC(=O)NC6=O)C7=O)C5)C3)O4)cc21. The number of carbonyl (C=O) groups excluding carboxylic acids is 4. The number of piperidine rings is 1. The summed E-state index contributed by atoms with van der Waals surface area (Å²) in [4.78, 5) is 62.2. The number of aromatic nitrogens is 3. The minimum atomic E-state index is -0.975. The second kappa shape index (κ2) is 14.6. The molecule has 4 amide bonds. The number of hydrogen-bond acceptors (Lipinski definition) is 11. The maximum atomic E-state index is 13.2. The molecule has 1 N–H and O–H groups in total. The van der Waals surface area contributed by atoms with Crippen LogP contribution in [0.5, 0.6) is 5.88 Å². The van der Waals surface area contributed by atoms with Crippen molar-refractivity contribution in [2.75, 3.05) is 44.4 Å². The van der Waals surface area contributed by atoms with Crippen molar-refractivity contribution in [3.8, 4) is 17.0 Å². The van der Waals surface area contributed by atoms with E-state index in [1.165, 1.54) is 16.4 Å². The van der Waals surface area contributed by atoms with E-state index in [0.717, 1.165) is 70.6 Å². The quantitative estimate of drug-likeness (QED) is 0.130. The number of anilines is 1. The number of fused-ring (bicyclic) bond motifs is 5. The van der Waals surface area contributed by atoms with Crippen molar-refractivity contribution in [2.24, 2.45) is 7.05 Å². The van der Waals surface area contributed by atoms with Gasteiger partial charge in [0, 0.05) is 124 Å². The molecule has 3 fully saturated rings. The van der Waals surface area contributed by atoms with Crippen LogP contribution >= 0.6 is 0 Å². The molecule has 2 saturated heterocycles. The van der Waals surface area contributed by atoms with E-state index in [9.17, 15) is 19.2 Å². The third kappa shape index (κ3) is 6.49. The van der Waals surface area contributed by atoms with Crippen LogP contribution in [0, 0.1) is 0 Å². The van der Waals surface area contributed by atoms with Gasteiger partial charge in [0.2, 0.25) is 17.7 Å². The number of ether oxygens (including phenoxy) is 4. The van der Waals surface area contributed by atoms with Gasteiger partial charge in [-0.1, -0.05) is 12.1 Å². The Morgan fingerprint density at radius 2 is 1.62 bits per heavy atom. The summed E-state index contributed by atoms with van der Waals surface area (Å²) in [6.07, 6.45) is 10.3. The maximum Gasteiger partial charge on any atom is 0.262 e. The zero-order valence-electron chi connectivity index (χ0n) is 32.3. The van der Waals surface area contributed by atoms with Gasteiger partial charge in [-0.25, -0.2) is 4.98 Å². The van der Waals surface area contributed by atoms with Crippen LogP contribution in [0.4, 0.5) is 5.69 Å². The molecule has 5 aromatic rings. The molecule has 1 aliphatic carbocycles. The highest BCUT2D eigenvalue weighted by Crippen LogP contribution is 2.47. The van der Waals surface area contributed by atoms with E-state index in [1.54, 1.807) is 12.1 Å². The van der Waals surface area contributed by atoms with Crippen molar-refractivity contribution in [1.29, 1.82) is 0 Å². The molecule has 0 radical (unpaired) electrons. The predicted octanol–water partition coefficient (Wildman–Crippen LogP) is 4.74. The summed E-state index contributed by atoms with van der Waals surface area (Å²) >= 11 is 0. The number of amides is 4. The largest absolute Gasteiger partial charge is 0.470 e. The van der Waals surface area contributed by atoms with Crippen molar-refractivity contribution < 1.29 is 38.1 Å². The lowest BCUT2D eigenvalue weighted by molar-refractivity contribution is -0.136. The number of rotatable bonds is 13. The van der Waals surface area contributed by atoms with E-state index < -0.39 is 29.7 Å². The van der Waals surface area contributed by atoms with Crippen molar-refractivity contribution in [1.82, 2.24) is 24.8 Å². The molecular weight excluding hydrogens is 741 g/mol. The monoisotopic (exact) mass is 784 g/mol. The average Bonchev–Trinajstić information content (AvgIpc) is 3.81. The molecular formula is C44H44N6O8. The fraction of sp³-hybridized carbons (Fsp3) is 0.409. The number of imide groups is 2. The van der Waals surface area contributed by atoms with Gasteiger partial charge < -0.3 is 28.4 Å². The number of benzene rings is 2. The molecule has 3 aromatic heterocycles. The highest BCUT2D eigenvalue weighted by atomic mass is 16.5. The zero-order chi connectivity index (χ0) is 39.5. The van der Waals surface area contributed by atoms with Crippen molar-refractivity contribution in [2.45, 2.75) is 68.8 Å². The van der Waals surface area contributed by atoms with Gasteiger partial charge in [-0.05, 0) is 61.2 Å². The van der Waals surface area contributed by atoms with Gasteiger partial charge in [-0.15, -0.1) is 0 Å². The van der Waals surface area contributed by atoms with E-state index in [1.807, 2.05) is 24.7 Å². The molecule has 1 saturated carbocycles. The first-order chi connectivity index (χ1) is 28.2. The van der Waals surface area contributed by atoms with E-state index in [2.05, 4.69) is 57.1 Å². The Hall–Kier alpha value is -5.70. The number of carbonyl (C=O) groups is 4. The maximum absolute atomic E-state index is 13.2. The lowest BCUT2D eigenvalue weighted by Crippen LogP contribution is -2.54. The summed E-state index contributed by atoms with van der Waals surface area (Å²) in [7, 11) is 2.10. The first-order valence-electron chi connectivity index (χ1n) is 20.2. The Balaban J connectivity index is 0.603. The first-order valence-corrected chi connectivity index (χ1v) is 20.2. The smallest absolute Gasteiger partial charge is 0.262 e. The third-order valence-electron chi connectivity index (χ3n) is 12.3. The van der Waals surface area contributed by atoms with Gasteiger partial charge in [-0.2, -0.15) is 0 Å². The molecule has 14 heteroatoms. The highest BCUT2D eigenvalue weighted by molar-refractivity contribution is 6.23. The molecule has 58 heavy (non-hydrogen) atoms. The molecule has 5 aliphatic rings. The number of nitrogens with zero attached hydrogens (tertiary/aromatic N) is 5. The van der Waals surface area contributed by atoms with Crippen LogP contribution in [0.15, 0.2) is 67.1 Å². The van der Waals surface area contributed by atoms with Crippen LogP contribution < -0.4 is 15.0 Å². The molecule has 7 heterocycles. The van der Waals surface area contributed by atoms with Gasteiger partial charge in [-0.3, -0.25) is 34.4 Å². The number of pyridine rings is 2.